The second kappa shape index (κ2) is 8.46. The molecule has 3 N–H and O–H groups in total. The van der Waals surface area contributed by atoms with Crippen LogP contribution < -0.4 is 11.1 Å². The van der Waals surface area contributed by atoms with Crippen molar-refractivity contribution in [2.24, 2.45) is 5.73 Å². The number of rotatable bonds is 5. The maximum absolute atomic E-state index is 13.5. The first-order chi connectivity index (χ1) is 13.7. The summed E-state index contributed by atoms with van der Waals surface area (Å²) in [5, 5.41) is 3.35. The summed E-state index contributed by atoms with van der Waals surface area (Å²) in [4.78, 5) is 15.9. The zero-order valence-corrected chi connectivity index (χ0v) is 16.5. The van der Waals surface area contributed by atoms with Crippen molar-refractivity contribution >= 4 is 5.91 Å². The van der Waals surface area contributed by atoms with Crippen LogP contribution in [0.5, 0.6) is 0 Å². The minimum Gasteiger partial charge on any atom is -0.353 e. The number of amides is 1. The van der Waals surface area contributed by atoms with E-state index in [1.54, 1.807) is 0 Å². The summed E-state index contributed by atoms with van der Waals surface area (Å²) in [6.07, 6.45) is 4.62. The number of piperidine rings is 1. The van der Waals surface area contributed by atoms with Crippen molar-refractivity contribution in [3.05, 3.63) is 71.8 Å². The summed E-state index contributed by atoms with van der Waals surface area (Å²) in [7, 11) is 0. The van der Waals surface area contributed by atoms with E-state index >= 15 is 0 Å². The molecule has 4 nitrogen and oxygen atoms in total. The summed E-state index contributed by atoms with van der Waals surface area (Å²) < 4.78 is 0. The zero-order valence-electron chi connectivity index (χ0n) is 16.5. The molecular formula is C24H31N3O. The second-order valence-corrected chi connectivity index (χ2v) is 8.45. The van der Waals surface area contributed by atoms with Gasteiger partial charge in [-0.25, -0.2) is 0 Å². The Balaban J connectivity index is 1.48. The van der Waals surface area contributed by atoms with E-state index in [4.69, 9.17) is 5.73 Å². The van der Waals surface area contributed by atoms with Gasteiger partial charge in [0.05, 0.1) is 5.41 Å². The summed E-state index contributed by atoms with van der Waals surface area (Å²) in [6.45, 7) is 2.81. The van der Waals surface area contributed by atoms with Crippen molar-refractivity contribution < 1.29 is 4.79 Å². The summed E-state index contributed by atoms with van der Waals surface area (Å²) in [6, 6.07) is 21.4. The molecule has 2 atom stereocenters. The molecule has 0 bridgehead atoms. The topological polar surface area (TPSA) is 58.4 Å². The molecular weight excluding hydrogens is 346 g/mol. The summed E-state index contributed by atoms with van der Waals surface area (Å²) in [5.41, 5.74) is 8.11. The molecule has 2 aromatic carbocycles. The molecule has 0 radical (unpaired) electrons. The number of nitrogens with two attached hydrogens (primary N) is 1. The van der Waals surface area contributed by atoms with Crippen LogP contribution in [0.15, 0.2) is 60.7 Å². The highest BCUT2D eigenvalue weighted by atomic mass is 16.2. The lowest BCUT2D eigenvalue weighted by atomic mass is 9.71. The largest absolute Gasteiger partial charge is 0.353 e. The minimum atomic E-state index is -0.429. The van der Waals surface area contributed by atoms with Gasteiger partial charge in [0.25, 0.3) is 0 Å². The molecule has 148 valence electrons. The predicted molar refractivity (Wildman–Crippen MR) is 113 cm³/mol. The van der Waals surface area contributed by atoms with Crippen molar-refractivity contribution in [3.8, 4) is 0 Å². The van der Waals surface area contributed by atoms with Crippen LogP contribution in [0, 0.1) is 0 Å². The first-order valence-corrected chi connectivity index (χ1v) is 10.5. The van der Waals surface area contributed by atoms with E-state index in [0.29, 0.717) is 0 Å². The van der Waals surface area contributed by atoms with Crippen LogP contribution in [-0.4, -0.2) is 36.0 Å². The van der Waals surface area contributed by atoms with E-state index in [2.05, 4.69) is 52.7 Å². The minimum absolute atomic E-state index is 0.192. The highest BCUT2D eigenvalue weighted by Gasteiger charge is 2.43. The van der Waals surface area contributed by atoms with Gasteiger partial charge in [-0.2, -0.15) is 0 Å². The number of hydrogen-bond donors (Lipinski definition) is 2. The first kappa shape index (κ1) is 19.2. The third-order valence-electron chi connectivity index (χ3n) is 6.53. The maximum atomic E-state index is 13.5. The highest BCUT2D eigenvalue weighted by Crippen LogP contribution is 2.37. The molecule has 0 spiro atoms. The van der Waals surface area contributed by atoms with Gasteiger partial charge in [-0.3, -0.25) is 9.69 Å². The number of carbonyl (C=O) groups is 1. The van der Waals surface area contributed by atoms with Crippen molar-refractivity contribution in [1.82, 2.24) is 10.2 Å². The average Bonchev–Trinajstić information content (AvgIpc) is 3.14. The number of carbonyl (C=O) groups excluding carboxylic acids is 1. The number of nitrogens with zero attached hydrogens (tertiary/aromatic N) is 1. The quantitative estimate of drug-likeness (QED) is 0.841. The first-order valence-electron chi connectivity index (χ1n) is 10.5. The third-order valence-corrected chi connectivity index (χ3v) is 6.53. The van der Waals surface area contributed by atoms with Gasteiger partial charge in [0, 0.05) is 18.6 Å². The molecule has 1 aliphatic carbocycles. The molecule has 0 aromatic heterocycles. The van der Waals surface area contributed by atoms with Crippen LogP contribution in [0.4, 0.5) is 0 Å². The van der Waals surface area contributed by atoms with Gasteiger partial charge in [-0.1, -0.05) is 60.7 Å². The molecule has 1 heterocycles. The van der Waals surface area contributed by atoms with Crippen molar-refractivity contribution in [2.45, 2.75) is 56.1 Å². The van der Waals surface area contributed by atoms with Gasteiger partial charge in [-0.05, 0) is 56.3 Å². The van der Waals surface area contributed by atoms with Crippen LogP contribution in [0.25, 0.3) is 0 Å². The lowest BCUT2D eigenvalue weighted by molar-refractivity contribution is -0.129. The SMILES string of the molecule is N[C@@H]1CC[C@@H](NC(=O)C2(c3ccccc3)CCN(Cc3ccccc3)CC2)C1. The Bertz CT molecular complexity index is 769. The van der Waals surface area contributed by atoms with E-state index in [9.17, 15) is 4.79 Å². The lowest BCUT2D eigenvalue weighted by Gasteiger charge is -2.41. The van der Waals surface area contributed by atoms with Crippen LogP contribution >= 0.6 is 0 Å². The summed E-state index contributed by atoms with van der Waals surface area (Å²) >= 11 is 0. The Hall–Kier alpha value is -2.17. The molecule has 4 heteroatoms. The molecule has 4 rings (SSSR count). The Kier molecular flexibility index (Phi) is 5.79. The van der Waals surface area contributed by atoms with Gasteiger partial charge in [-0.15, -0.1) is 0 Å². The maximum Gasteiger partial charge on any atom is 0.230 e. The Labute approximate surface area is 168 Å². The zero-order chi connectivity index (χ0) is 19.4. The molecule has 1 saturated heterocycles. The second-order valence-electron chi connectivity index (χ2n) is 8.45. The van der Waals surface area contributed by atoms with E-state index in [1.165, 1.54) is 5.56 Å². The predicted octanol–water partition coefficient (Wildman–Crippen LogP) is 3.22. The molecule has 1 amide bonds. The van der Waals surface area contributed by atoms with Gasteiger partial charge in [0.15, 0.2) is 0 Å². The van der Waals surface area contributed by atoms with Crippen LogP contribution in [0.1, 0.15) is 43.2 Å². The molecule has 2 aliphatic rings. The molecule has 1 saturated carbocycles. The van der Waals surface area contributed by atoms with Gasteiger partial charge in [0.1, 0.15) is 0 Å². The normalized spacial score (nSPS) is 24.8. The lowest BCUT2D eigenvalue weighted by Crippen LogP contribution is -2.53. The van der Waals surface area contributed by atoms with Crippen molar-refractivity contribution in [2.75, 3.05) is 13.1 Å². The Morgan fingerprint density at radius 1 is 1.00 bits per heavy atom. The standard InChI is InChI=1S/C24H31N3O/c25-21-11-12-22(17-21)26-23(28)24(20-9-5-2-6-10-20)13-15-27(16-14-24)18-19-7-3-1-4-8-19/h1-10,21-22H,11-18,25H2,(H,26,28)/t21-,22-/m1/s1. The van der Waals surface area contributed by atoms with Gasteiger partial charge in [0.2, 0.25) is 5.91 Å². The monoisotopic (exact) mass is 377 g/mol. The van der Waals surface area contributed by atoms with E-state index < -0.39 is 5.41 Å². The molecule has 0 unspecified atom stereocenters. The van der Waals surface area contributed by atoms with Crippen molar-refractivity contribution in [3.63, 3.8) is 0 Å². The number of likely N-dealkylation sites (tertiary alicyclic amines) is 1. The van der Waals surface area contributed by atoms with Crippen LogP contribution in [-0.2, 0) is 16.8 Å². The number of hydrogen-bond acceptors (Lipinski definition) is 3. The van der Waals surface area contributed by atoms with E-state index in [-0.39, 0.29) is 18.0 Å². The van der Waals surface area contributed by atoms with Crippen LogP contribution in [0.2, 0.25) is 0 Å². The molecule has 2 fully saturated rings. The summed E-state index contributed by atoms with van der Waals surface area (Å²) in [5.74, 6) is 0.192. The fraction of sp³-hybridized carbons (Fsp3) is 0.458. The Morgan fingerprint density at radius 2 is 1.64 bits per heavy atom. The van der Waals surface area contributed by atoms with Crippen molar-refractivity contribution in [1.29, 1.82) is 0 Å². The molecule has 28 heavy (non-hydrogen) atoms. The molecule has 1 aliphatic heterocycles. The van der Waals surface area contributed by atoms with E-state index in [0.717, 1.165) is 57.3 Å². The third kappa shape index (κ3) is 4.13. The fourth-order valence-corrected chi connectivity index (χ4v) is 4.81. The van der Waals surface area contributed by atoms with Gasteiger partial charge < -0.3 is 11.1 Å². The smallest absolute Gasteiger partial charge is 0.230 e. The highest BCUT2D eigenvalue weighted by molar-refractivity contribution is 5.88. The average molecular weight is 378 g/mol. The number of nitrogens with one attached hydrogen (secondary N) is 1. The van der Waals surface area contributed by atoms with E-state index in [1.807, 2.05) is 18.2 Å². The van der Waals surface area contributed by atoms with Crippen LogP contribution in [0.3, 0.4) is 0 Å². The van der Waals surface area contributed by atoms with Gasteiger partial charge >= 0.3 is 0 Å². The Morgan fingerprint density at radius 3 is 2.25 bits per heavy atom. The fourth-order valence-electron chi connectivity index (χ4n) is 4.81. The molecule has 2 aromatic rings. The number of benzene rings is 2.